The number of hydrogen-bond acceptors (Lipinski definition) is 4. The lowest BCUT2D eigenvalue weighted by atomic mass is 10.1. The maximum absolute atomic E-state index is 12.1. The van der Waals surface area contributed by atoms with Crippen molar-refractivity contribution in [3.63, 3.8) is 0 Å². The number of rotatable bonds is 9. The molecule has 0 aromatic heterocycles. The third kappa shape index (κ3) is 6.67. The van der Waals surface area contributed by atoms with Crippen molar-refractivity contribution >= 4 is 5.91 Å². The van der Waals surface area contributed by atoms with Gasteiger partial charge in [0, 0.05) is 38.8 Å². The van der Waals surface area contributed by atoms with Crippen molar-refractivity contribution in [3.8, 4) is 5.75 Å². The van der Waals surface area contributed by atoms with E-state index in [1.165, 1.54) is 5.56 Å². The standard InChI is InChI=1S/C20H33N3O2/c1-4-18(5-2)21-20(24)16-23-14-12-22(13-15-23)11-10-17-6-8-19(25-3)9-7-17/h6-9,18H,4-5,10-16H2,1-3H3,(H,21,24). The highest BCUT2D eigenvalue weighted by Crippen LogP contribution is 2.12. The van der Waals surface area contributed by atoms with Gasteiger partial charge in [0.2, 0.25) is 5.91 Å². The zero-order chi connectivity index (χ0) is 18.1. The molecular formula is C20H33N3O2. The predicted octanol–water partition coefficient (Wildman–Crippen LogP) is 2.16. The van der Waals surface area contributed by atoms with Gasteiger partial charge < -0.3 is 15.0 Å². The van der Waals surface area contributed by atoms with Gasteiger partial charge in [-0.15, -0.1) is 0 Å². The first-order chi connectivity index (χ1) is 12.1. The normalized spacial score (nSPS) is 16.2. The van der Waals surface area contributed by atoms with Crippen LogP contribution in [-0.2, 0) is 11.2 Å². The Labute approximate surface area is 152 Å². The van der Waals surface area contributed by atoms with E-state index in [1.54, 1.807) is 7.11 Å². The van der Waals surface area contributed by atoms with Crippen molar-refractivity contribution < 1.29 is 9.53 Å². The monoisotopic (exact) mass is 347 g/mol. The SMILES string of the molecule is CCC(CC)NC(=O)CN1CCN(CCc2ccc(OC)cc2)CC1. The maximum atomic E-state index is 12.1. The van der Waals surface area contributed by atoms with Gasteiger partial charge in [0.25, 0.3) is 0 Å². The van der Waals surface area contributed by atoms with Crippen molar-refractivity contribution in [2.24, 2.45) is 0 Å². The summed E-state index contributed by atoms with van der Waals surface area (Å²) in [5, 5.41) is 3.13. The minimum atomic E-state index is 0.167. The van der Waals surface area contributed by atoms with Crippen LogP contribution in [0.5, 0.6) is 5.75 Å². The Hall–Kier alpha value is -1.59. The molecule has 1 aromatic rings. The van der Waals surface area contributed by atoms with Crippen LogP contribution in [0, 0.1) is 0 Å². The first-order valence-electron chi connectivity index (χ1n) is 9.51. The Balaban J connectivity index is 1.66. The summed E-state index contributed by atoms with van der Waals surface area (Å²) in [7, 11) is 1.69. The Kier molecular flexibility index (Phi) is 8.22. The van der Waals surface area contributed by atoms with Crippen LogP contribution in [0.4, 0.5) is 0 Å². The first-order valence-corrected chi connectivity index (χ1v) is 9.51. The number of piperazine rings is 1. The molecule has 1 amide bonds. The molecule has 140 valence electrons. The van der Waals surface area contributed by atoms with Crippen molar-refractivity contribution in [2.45, 2.75) is 39.2 Å². The Morgan fingerprint density at radius 1 is 1.08 bits per heavy atom. The van der Waals surface area contributed by atoms with E-state index in [2.05, 4.69) is 41.1 Å². The molecule has 0 atom stereocenters. The number of methoxy groups -OCH3 is 1. The summed E-state index contributed by atoms with van der Waals surface area (Å²) in [4.78, 5) is 16.9. The van der Waals surface area contributed by atoms with Crippen LogP contribution in [0.25, 0.3) is 0 Å². The molecule has 25 heavy (non-hydrogen) atoms. The third-order valence-corrected chi connectivity index (χ3v) is 5.06. The van der Waals surface area contributed by atoms with Gasteiger partial charge in [-0.05, 0) is 37.0 Å². The molecule has 1 aliphatic heterocycles. The smallest absolute Gasteiger partial charge is 0.234 e. The molecule has 5 heteroatoms. The molecule has 0 saturated carbocycles. The van der Waals surface area contributed by atoms with E-state index >= 15 is 0 Å². The molecule has 1 saturated heterocycles. The second-order valence-electron chi connectivity index (χ2n) is 6.80. The summed E-state index contributed by atoms with van der Waals surface area (Å²) in [6.07, 6.45) is 3.06. The summed E-state index contributed by atoms with van der Waals surface area (Å²) in [6.45, 7) is 9.86. The third-order valence-electron chi connectivity index (χ3n) is 5.06. The molecule has 1 aromatic carbocycles. The van der Waals surface area contributed by atoms with Gasteiger partial charge in [0.15, 0.2) is 0 Å². The number of carbonyl (C=O) groups is 1. The van der Waals surface area contributed by atoms with Crippen LogP contribution >= 0.6 is 0 Å². The first kappa shape index (κ1) is 19.7. The highest BCUT2D eigenvalue weighted by atomic mass is 16.5. The predicted molar refractivity (Wildman–Crippen MR) is 102 cm³/mol. The van der Waals surface area contributed by atoms with Crippen LogP contribution in [-0.4, -0.2) is 68.1 Å². The quantitative estimate of drug-likeness (QED) is 0.743. The summed E-state index contributed by atoms with van der Waals surface area (Å²) in [5.41, 5.74) is 1.34. The molecule has 5 nitrogen and oxygen atoms in total. The molecule has 0 aliphatic carbocycles. The van der Waals surface area contributed by atoms with Gasteiger partial charge in [0.1, 0.15) is 5.75 Å². The lowest BCUT2D eigenvalue weighted by molar-refractivity contribution is -0.123. The number of benzene rings is 1. The number of nitrogens with one attached hydrogen (secondary N) is 1. The molecule has 1 N–H and O–H groups in total. The van der Waals surface area contributed by atoms with Crippen LogP contribution in [0.1, 0.15) is 32.3 Å². The molecular weight excluding hydrogens is 314 g/mol. The summed E-state index contributed by atoms with van der Waals surface area (Å²) in [6, 6.07) is 8.63. The highest BCUT2D eigenvalue weighted by Gasteiger charge is 2.19. The minimum absolute atomic E-state index is 0.167. The number of nitrogens with zero attached hydrogens (tertiary/aromatic N) is 2. The molecule has 1 fully saturated rings. The lowest BCUT2D eigenvalue weighted by Gasteiger charge is -2.34. The van der Waals surface area contributed by atoms with Gasteiger partial charge in [0.05, 0.1) is 13.7 Å². The Morgan fingerprint density at radius 3 is 2.24 bits per heavy atom. The fourth-order valence-corrected chi connectivity index (χ4v) is 3.22. The van der Waals surface area contributed by atoms with Crippen LogP contribution < -0.4 is 10.1 Å². The number of ether oxygens (including phenoxy) is 1. The summed E-state index contributed by atoms with van der Waals surface area (Å²) in [5.74, 6) is 1.07. The largest absolute Gasteiger partial charge is 0.497 e. The molecule has 0 spiro atoms. The molecule has 0 unspecified atom stereocenters. The van der Waals surface area contributed by atoms with E-state index in [-0.39, 0.29) is 5.91 Å². The number of hydrogen-bond donors (Lipinski definition) is 1. The summed E-state index contributed by atoms with van der Waals surface area (Å²) >= 11 is 0. The van der Waals surface area contributed by atoms with Gasteiger partial charge in [-0.2, -0.15) is 0 Å². The zero-order valence-corrected chi connectivity index (χ0v) is 16.0. The van der Waals surface area contributed by atoms with E-state index in [1.807, 2.05) is 12.1 Å². The second-order valence-corrected chi connectivity index (χ2v) is 6.80. The average molecular weight is 348 g/mol. The van der Waals surface area contributed by atoms with Gasteiger partial charge >= 0.3 is 0 Å². The van der Waals surface area contributed by atoms with Crippen LogP contribution in [0.2, 0.25) is 0 Å². The molecule has 0 bridgehead atoms. The Morgan fingerprint density at radius 2 is 1.68 bits per heavy atom. The van der Waals surface area contributed by atoms with E-state index in [9.17, 15) is 4.79 Å². The second kappa shape index (κ2) is 10.4. The Bertz CT molecular complexity index is 506. The van der Waals surface area contributed by atoms with Gasteiger partial charge in [-0.3, -0.25) is 9.69 Å². The van der Waals surface area contributed by atoms with Crippen molar-refractivity contribution in [3.05, 3.63) is 29.8 Å². The van der Waals surface area contributed by atoms with Gasteiger partial charge in [-0.25, -0.2) is 0 Å². The topological polar surface area (TPSA) is 44.8 Å². The van der Waals surface area contributed by atoms with Crippen molar-refractivity contribution in [2.75, 3.05) is 46.4 Å². The summed E-state index contributed by atoms with van der Waals surface area (Å²) < 4.78 is 5.20. The molecule has 0 radical (unpaired) electrons. The zero-order valence-electron chi connectivity index (χ0n) is 16.0. The maximum Gasteiger partial charge on any atom is 0.234 e. The van der Waals surface area contributed by atoms with Crippen LogP contribution in [0.15, 0.2) is 24.3 Å². The number of carbonyl (C=O) groups excluding carboxylic acids is 1. The fraction of sp³-hybridized carbons (Fsp3) is 0.650. The molecule has 1 heterocycles. The van der Waals surface area contributed by atoms with E-state index < -0.39 is 0 Å². The number of amides is 1. The van der Waals surface area contributed by atoms with Gasteiger partial charge in [-0.1, -0.05) is 26.0 Å². The molecule has 2 rings (SSSR count). The highest BCUT2D eigenvalue weighted by molar-refractivity contribution is 5.78. The van der Waals surface area contributed by atoms with E-state index in [0.29, 0.717) is 12.6 Å². The van der Waals surface area contributed by atoms with Crippen molar-refractivity contribution in [1.29, 1.82) is 0 Å². The average Bonchev–Trinajstić information content (AvgIpc) is 2.66. The van der Waals surface area contributed by atoms with Crippen LogP contribution in [0.3, 0.4) is 0 Å². The van der Waals surface area contributed by atoms with E-state index in [0.717, 1.165) is 57.7 Å². The molecule has 1 aliphatic rings. The lowest BCUT2D eigenvalue weighted by Crippen LogP contribution is -2.50. The van der Waals surface area contributed by atoms with E-state index in [4.69, 9.17) is 4.74 Å². The fourth-order valence-electron chi connectivity index (χ4n) is 3.22. The van der Waals surface area contributed by atoms with Crippen molar-refractivity contribution in [1.82, 2.24) is 15.1 Å². The minimum Gasteiger partial charge on any atom is -0.497 e.